The van der Waals surface area contributed by atoms with Crippen LogP contribution in [0.3, 0.4) is 0 Å². The van der Waals surface area contributed by atoms with E-state index in [9.17, 15) is 4.79 Å². The number of hydrogen-bond acceptors (Lipinski definition) is 5. The summed E-state index contributed by atoms with van der Waals surface area (Å²) in [7, 11) is 3.59. The van der Waals surface area contributed by atoms with Gasteiger partial charge in [-0.15, -0.1) is 0 Å². The molecule has 1 amide bonds. The first kappa shape index (κ1) is 15.0. The average molecular weight is 288 g/mol. The maximum Gasteiger partial charge on any atom is 0.274 e. The van der Waals surface area contributed by atoms with Crippen LogP contribution in [-0.2, 0) is 13.6 Å². The van der Waals surface area contributed by atoms with Gasteiger partial charge in [-0.3, -0.25) is 4.79 Å². The lowest BCUT2D eigenvalue weighted by atomic mass is 10.2. The van der Waals surface area contributed by atoms with Crippen LogP contribution in [0.1, 0.15) is 41.9 Å². The zero-order valence-electron chi connectivity index (χ0n) is 12.7. The first-order valence-corrected chi connectivity index (χ1v) is 6.74. The molecule has 112 valence electrons. The Hall–Kier alpha value is -2.44. The molecule has 7 heteroatoms. The number of hydrogen-bond donors (Lipinski definition) is 1. The Balaban J connectivity index is 2.23. The summed E-state index contributed by atoms with van der Waals surface area (Å²) in [5, 5.41) is 0. The van der Waals surface area contributed by atoms with E-state index in [0.29, 0.717) is 12.4 Å². The number of carbonyl (C=O) groups excluding carboxylic acids is 1. The van der Waals surface area contributed by atoms with Gasteiger partial charge in [-0.2, -0.15) is 0 Å². The van der Waals surface area contributed by atoms with Gasteiger partial charge in [0.05, 0.1) is 18.4 Å². The third-order valence-corrected chi connectivity index (χ3v) is 3.20. The highest BCUT2D eigenvalue weighted by Gasteiger charge is 2.19. The quantitative estimate of drug-likeness (QED) is 0.912. The molecule has 0 unspecified atom stereocenters. The largest absolute Gasteiger partial charge is 0.396 e. The van der Waals surface area contributed by atoms with Crippen molar-refractivity contribution in [2.75, 3.05) is 12.8 Å². The van der Waals surface area contributed by atoms with Crippen molar-refractivity contribution in [3.8, 4) is 0 Å². The minimum Gasteiger partial charge on any atom is -0.396 e. The van der Waals surface area contributed by atoms with Crippen LogP contribution in [0.25, 0.3) is 0 Å². The smallest absolute Gasteiger partial charge is 0.274 e. The molecule has 0 atom stereocenters. The van der Waals surface area contributed by atoms with Gasteiger partial charge in [0.2, 0.25) is 0 Å². The summed E-state index contributed by atoms with van der Waals surface area (Å²) in [5.74, 6) is 1.30. The lowest BCUT2D eigenvalue weighted by Crippen LogP contribution is -2.29. The van der Waals surface area contributed by atoms with Gasteiger partial charge in [0.15, 0.2) is 5.69 Å². The van der Waals surface area contributed by atoms with Gasteiger partial charge < -0.3 is 15.2 Å². The molecule has 7 nitrogen and oxygen atoms in total. The minimum absolute atomic E-state index is 0.136. The van der Waals surface area contributed by atoms with E-state index in [0.717, 1.165) is 5.82 Å². The zero-order chi connectivity index (χ0) is 15.6. The van der Waals surface area contributed by atoms with Crippen LogP contribution >= 0.6 is 0 Å². The van der Waals surface area contributed by atoms with Gasteiger partial charge in [-0.05, 0) is 0 Å². The molecule has 2 aromatic heterocycles. The zero-order valence-corrected chi connectivity index (χ0v) is 12.7. The molecule has 0 fully saturated rings. The summed E-state index contributed by atoms with van der Waals surface area (Å²) in [5.41, 5.74) is 6.37. The minimum atomic E-state index is -0.236. The number of aryl methyl sites for hydroxylation is 1. The molecule has 21 heavy (non-hydrogen) atoms. The number of nitrogen functional groups attached to an aromatic ring is 1. The van der Waals surface area contributed by atoms with E-state index in [4.69, 9.17) is 5.73 Å². The number of aromatic nitrogens is 4. The molecule has 0 aliphatic carbocycles. The average Bonchev–Trinajstić information content (AvgIpc) is 2.83. The van der Waals surface area contributed by atoms with E-state index in [1.165, 1.54) is 6.20 Å². The maximum absolute atomic E-state index is 12.5. The molecule has 0 saturated heterocycles. The number of anilines is 1. The topological polar surface area (TPSA) is 89.9 Å². The molecular weight excluding hydrogens is 268 g/mol. The number of amides is 1. The van der Waals surface area contributed by atoms with E-state index in [2.05, 4.69) is 15.0 Å². The van der Waals surface area contributed by atoms with Gasteiger partial charge in [0.1, 0.15) is 11.6 Å². The van der Waals surface area contributed by atoms with E-state index < -0.39 is 0 Å². The lowest BCUT2D eigenvalue weighted by molar-refractivity contribution is 0.0775. The van der Waals surface area contributed by atoms with Gasteiger partial charge >= 0.3 is 0 Å². The summed E-state index contributed by atoms with van der Waals surface area (Å²) in [6.45, 7) is 4.33. The second-order valence-electron chi connectivity index (χ2n) is 5.30. The first-order valence-electron chi connectivity index (χ1n) is 6.74. The molecule has 2 N–H and O–H groups in total. The lowest BCUT2D eigenvalue weighted by Gasteiger charge is -2.18. The Labute approximate surface area is 123 Å². The summed E-state index contributed by atoms with van der Waals surface area (Å²) in [6.07, 6.45) is 5.03. The van der Waals surface area contributed by atoms with Crippen molar-refractivity contribution in [1.29, 1.82) is 0 Å². The highest BCUT2D eigenvalue weighted by molar-refractivity contribution is 5.96. The Kier molecular flexibility index (Phi) is 4.21. The monoisotopic (exact) mass is 288 g/mol. The van der Waals surface area contributed by atoms with Gasteiger partial charge in [-0.1, -0.05) is 13.8 Å². The molecule has 0 aliphatic heterocycles. The molecule has 2 aromatic rings. The van der Waals surface area contributed by atoms with Crippen molar-refractivity contribution in [1.82, 2.24) is 24.4 Å². The second kappa shape index (κ2) is 5.90. The molecule has 0 aliphatic rings. The van der Waals surface area contributed by atoms with Crippen molar-refractivity contribution in [2.45, 2.75) is 26.3 Å². The standard InChI is InChI=1S/C14H20N6O/c1-9(2)13-17-7-10(15)12(18-13)14(21)20(4)8-11-16-5-6-19(11)3/h5-7,9H,8,15H2,1-4H3. The fraction of sp³-hybridized carbons (Fsp3) is 0.429. The number of carbonyl (C=O) groups is 1. The third kappa shape index (κ3) is 3.18. The molecule has 2 rings (SSSR count). The van der Waals surface area contributed by atoms with Crippen LogP contribution in [-0.4, -0.2) is 37.4 Å². The maximum atomic E-state index is 12.5. The molecule has 0 spiro atoms. The van der Waals surface area contributed by atoms with E-state index in [1.54, 1.807) is 18.1 Å². The van der Waals surface area contributed by atoms with Gasteiger partial charge in [-0.25, -0.2) is 15.0 Å². The number of nitrogens with two attached hydrogens (primary N) is 1. The van der Waals surface area contributed by atoms with Crippen LogP contribution in [0.5, 0.6) is 0 Å². The predicted octanol–water partition coefficient (Wildman–Crippen LogP) is 1.19. The molecule has 0 radical (unpaired) electrons. The van der Waals surface area contributed by atoms with Crippen LogP contribution < -0.4 is 5.73 Å². The van der Waals surface area contributed by atoms with Crippen LogP contribution in [0.4, 0.5) is 5.69 Å². The van der Waals surface area contributed by atoms with Crippen molar-refractivity contribution >= 4 is 11.6 Å². The highest BCUT2D eigenvalue weighted by atomic mass is 16.2. The van der Waals surface area contributed by atoms with Crippen LogP contribution in [0, 0.1) is 0 Å². The van der Waals surface area contributed by atoms with Crippen molar-refractivity contribution in [3.05, 3.63) is 35.9 Å². The van der Waals surface area contributed by atoms with Crippen LogP contribution in [0.15, 0.2) is 18.6 Å². The fourth-order valence-electron chi connectivity index (χ4n) is 1.87. The molecule has 2 heterocycles. The van der Waals surface area contributed by atoms with Crippen molar-refractivity contribution in [3.63, 3.8) is 0 Å². The summed E-state index contributed by atoms with van der Waals surface area (Å²) in [4.78, 5) is 26.7. The Morgan fingerprint density at radius 2 is 2.14 bits per heavy atom. The van der Waals surface area contributed by atoms with E-state index >= 15 is 0 Å². The number of nitrogens with zero attached hydrogens (tertiary/aromatic N) is 5. The second-order valence-corrected chi connectivity index (χ2v) is 5.30. The van der Waals surface area contributed by atoms with Gasteiger partial charge in [0, 0.05) is 32.4 Å². The molecular formula is C14H20N6O. The summed E-state index contributed by atoms with van der Waals surface area (Å²) in [6, 6.07) is 0. The number of imidazole rings is 1. The third-order valence-electron chi connectivity index (χ3n) is 3.20. The molecule has 0 bridgehead atoms. The number of rotatable bonds is 4. The normalized spacial score (nSPS) is 10.9. The van der Waals surface area contributed by atoms with E-state index in [-0.39, 0.29) is 23.2 Å². The highest BCUT2D eigenvalue weighted by Crippen LogP contribution is 2.15. The van der Waals surface area contributed by atoms with Crippen LogP contribution in [0.2, 0.25) is 0 Å². The Bertz CT molecular complexity index is 649. The van der Waals surface area contributed by atoms with Crippen molar-refractivity contribution in [2.24, 2.45) is 7.05 Å². The predicted molar refractivity (Wildman–Crippen MR) is 79.5 cm³/mol. The summed E-state index contributed by atoms with van der Waals surface area (Å²) >= 11 is 0. The van der Waals surface area contributed by atoms with Gasteiger partial charge in [0.25, 0.3) is 5.91 Å². The Morgan fingerprint density at radius 1 is 1.43 bits per heavy atom. The molecule has 0 saturated carbocycles. The first-order chi connectivity index (χ1) is 9.90. The van der Waals surface area contributed by atoms with E-state index in [1.807, 2.05) is 31.7 Å². The summed E-state index contributed by atoms with van der Waals surface area (Å²) < 4.78 is 1.87. The van der Waals surface area contributed by atoms with Crippen molar-refractivity contribution < 1.29 is 4.79 Å². The Morgan fingerprint density at radius 3 is 2.71 bits per heavy atom. The fourth-order valence-corrected chi connectivity index (χ4v) is 1.87. The molecule has 0 aromatic carbocycles. The SMILES string of the molecule is CC(C)c1ncc(N)c(C(=O)N(C)Cc2nccn2C)n1.